The molecule has 4 aliphatic heterocycles. The summed E-state index contributed by atoms with van der Waals surface area (Å²) in [6, 6.07) is 8.04. The Morgan fingerprint density at radius 1 is 1.43 bits per heavy atom. The van der Waals surface area contributed by atoms with Crippen molar-refractivity contribution in [1.29, 1.82) is 0 Å². The van der Waals surface area contributed by atoms with Gasteiger partial charge in [0.1, 0.15) is 18.1 Å². The quantitative estimate of drug-likeness (QED) is 0.407. The Hall–Kier alpha value is -1.89. The van der Waals surface area contributed by atoms with Crippen molar-refractivity contribution >= 4 is 11.7 Å². The highest BCUT2D eigenvalue weighted by Gasteiger charge is 2.88. The molecule has 0 aromatic heterocycles. The van der Waals surface area contributed by atoms with Gasteiger partial charge in [-0.3, -0.25) is 9.28 Å². The van der Waals surface area contributed by atoms with E-state index in [-0.39, 0.29) is 18.5 Å². The second-order valence-corrected chi connectivity index (χ2v) is 9.16. The fourth-order valence-electron chi connectivity index (χ4n) is 7.70. The average molecular weight is 385 g/mol. The maximum atomic E-state index is 13.5. The van der Waals surface area contributed by atoms with E-state index < -0.39 is 22.6 Å². The lowest BCUT2D eigenvalue weighted by molar-refractivity contribution is -0.944. The van der Waals surface area contributed by atoms with Crippen LogP contribution in [0.15, 0.2) is 35.9 Å². The highest BCUT2D eigenvalue weighted by Crippen LogP contribution is 2.74. The number of hydrogen-bond donors (Lipinski definition) is 3. The monoisotopic (exact) mass is 385 g/mol. The zero-order valence-electron chi connectivity index (χ0n) is 16.7. The molecule has 0 radical (unpaired) electrons. The molecule has 1 aromatic rings. The summed E-state index contributed by atoms with van der Waals surface area (Å²) in [4.78, 5) is 13.5. The van der Waals surface area contributed by atoms with Crippen molar-refractivity contribution in [2.45, 2.75) is 36.9 Å². The molecular formula is C22H29N2O4+. The molecule has 5 aliphatic rings. The third-order valence-corrected chi connectivity index (χ3v) is 8.64. The van der Waals surface area contributed by atoms with Crippen molar-refractivity contribution in [3.8, 4) is 0 Å². The van der Waals surface area contributed by atoms with Crippen LogP contribution >= 0.6 is 0 Å². The Bertz CT molecular complexity index is 900. The van der Waals surface area contributed by atoms with Gasteiger partial charge in [0.2, 0.25) is 5.66 Å². The van der Waals surface area contributed by atoms with E-state index in [2.05, 4.69) is 24.5 Å². The molecule has 4 fully saturated rings. The van der Waals surface area contributed by atoms with Gasteiger partial charge in [0, 0.05) is 18.0 Å². The lowest BCUT2D eigenvalue weighted by atomic mass is 9.45. The predicted molar refractivity (Wildman–Crippen MR) is 104 cm³/mol. The highest BCUT2D eigenvalue weighted by atomic mass is 16.5. The summed E-state index contributed by atoms with van der Waals surface area (Å²) in [5.74, 6) is -0.629. The first-order valence-electron chi connectivity index (χ1n) is 10.1. The van der Waals surface area contributed by atoms with Crippen LogP contribution in [0.5, 0.6) is 0 Å². The third-order valence-electron chi connectivity index (χ3n) is 8.64. The standard InChI is InChI=1S/C22H29N2O4/c1-4-14-12-24(2)10-9-21-15-7-5-6-8-17(15)23-22(21,24)18(26)11-16(14)20(21,13-25)19(27)28-3/h4-8,16,18,23,25-26H,9-13H2,1-3H3/q+1/b14-4-/t16-,18-,20?,21-,22-,24?/m0/s1. The number of hydrogen-bond acceptors (Lipinski definition) is 5. The normalized spacial score (nSPS) is 46.7. The van der Waals surface area contributed by atoms with Gasteiger partial charge in [-0.15, -0.1) is 0 Å². The van der Waals surface area contributed by atoms with Crippen molar-refractivity contribution in [2.75, 3.05) is 39.2 Å². The van der Waals surface area contributed by atoms with Crippen molar-refractivity contribution < 1.29 is 24.2 Å². The van der Waals surface area contributed by atoms with E-state index in [0.717, 1.165) is 29.9 Å². The van der Waals surface area contributed by atoms with Crippen LogP contribution in [0.25, 0.3) is 0 Å². The molecule has 6 nitrogen and oxygen atoms in total. The second-order valence-electron chi connectivity index (χ2n) is 9.16. The molecule has 1 spiro atoms. The molecule has 1 saturated carbocycles. The van der Waals surface area contributed by atoms with Gasteiger partial charge in [-0.1, -0.05) is 24.3 Å². The second kappa shape index (κ2) is 5.38. The minimum absolute atomic E-state index is 0.258. The predicted octanol–water partition coefficient (Wildman–Crippen LogP) is 1.39. The van der Waals surface area contributed by atoms with Gasteiger partial charge in [-0.05, 0) is 30.5 Å². The molecule has 1 aliphatic carbocycles. The van der Waals surface area contributed by atoms with E-state index in [0.29, 0.717) is 17.3 Å². The minimum atomic E-state index is -1.13. The molecule has 1 aromatic carbocycles. The zero-order chi connectivity index (χ0) is 19.9. The molecule has 6 atom stereocenters. The first kappa shape index (κ1) is 18.2. The number of aliphatic hydroxyl groups excluding tert-OH is 2. The number of esters is 1. The number of nitrogens with zero attached hydrogens (tertiary/aromatic N) is 1. The first-order valence-corrected chi connectivity index (χ1v) is 10.1. The zero-order valence-corrected chi connectivity index (χ0v) is 16.7. The number of para-hydroxylation sites is 1. The molecule has 0 amide bonds. The summed E-state index contributed by atoms with van der Waals surface area (Å²) in [6.45, 7) is 3.26. The SMILES string of the molecule is C/C=C1/C[N+]2(C)CC[C@@]34c5ccccc5N[C@]32[C@@H](O)C[C@@H]1C4(CO)C(=O)OC. The van der Waals surface area contributed by atoms with Gasteiger partial charge in [-0.25, -0.2) is 0 Å². The van der Waals surface area contributed by atoms with E-state index in [4.69, 9.17) is 4.74 Å². The summed E-state index contributed by atoms with van der Waals surface area (Å²) in [7, 11) is 3.59. The van der Waals surface area contributed by atoms with Crippen LogP contribution in [0.4, 0.5) is 5.69 Å². The van der Waals surface area contributed by atoms with E-state index in [1.807, 2.05) is 25.1 Å². The van der Waals surface area contributed by atoms with E-state index >= 15 is 0 Å². The molecule has 3 saturated heterocycles. The summed E-state index contributed by atoms with van der Waals surface area (Å²) in [5, 5.41) is 26.2. The van der Waals surface area contributed by atoms with Crippen molar-refractivity contribution in [1.82, 2.24) is 0 Å². The summed E-state index contributed by atoms with van der Waals surface area (Å²) < 4.78 is 5.98. The van der Waals surface area contributed by atoms with Gasteiger partial charge in [0.05, 0.1) is 32.7 Å². The van der Waals surface area contributed by atoms with Crippen molar-refractivity contribution in [2.24, 2.45) is 11.3 Å². The fourth-order valence-corrected chi connectivity index (χ4v) is 7.70. The summed E-state index contributed by atoms with van der Waals surface area (Å²) in [5.41, 5.74) is 0.476. The van der Waals surface area contributed by atoms with Crippen LogP contribution in [0.2, 0.25) is 0 Å². The van der Waals surface area contributed by atoms with Crippen LogP contribution in [0.1, 0.15) is 25.3 Å². The summed E-state index contributed by atoms with van der Waals surface area (Å²) >= 11 is 0. The number of anilines is 1. The molecule has 4 bridgehead atoms. The van der Waals surface area contributed by atoms with Gasteiger partial charge in [0.15, 0.2) is 0 Å². The van der Waals surface area contributed by atoms with Crippen molar-refractivity contribution in [3.63, 3.8) is 0 Å². The highest BCUT2D eigenvalue weighted by molar-refractivity contribution is 5.85. The molecule has 28 heavy (non-hydrogen) atoms. The third kappa shape index (κ3) is 1.52. The Morgan fingerprint density at radius 2 is 2.18 bits per heavy atom. The number of likely N-dealkylation sites (N-methyl/N-ethyl adjacent to an activating group) is 1. The topological polar surface area (TPSA) is 78.8 Å². The van der Waals surface area contributed by atoms with Gasteiger partial charge in [-0.2, -0.15) is 0 Å². The minimum Gasteiger partial charge on any atom is -0.468 e. The molecular weight excluding hydrogens is 356 g/mol. The van der Waals surface area contributed by atoms with Crippen LogP contribution in [0.3, 0.4) is 0 Å². The van der Waals surface area contributed by atoms with Crippen LogP contribution in [-0.2, 0) is 14.9 Å². The van der Waals surface area contributed by atoms with Gasteiger partial charge >= 0.3 is 5.97 Å². The van der Waals surface area contributed by atoms with Crippen molar-refractivity contribution in [3.05, 3.63) is 41.5 Å². The number of carbonyl (C=O) groups is 1. The first-order chi connectivity index (χ1) is 13.4. The van der Waals surface area contributed by atoms with Gasteiger partial charge < -0.3 is 20.3 Å². The lowest BCUT2D eigenvalue weighted by Gasteiger charge is -2.58. The molecule has 2 unspecified atom stereocenters. The van der Waals surface area contributed by atoms with Crippen LogP contribution in [-0.4, -0.2) is 66.3 Å². The Labute approximate surface area is 165 Å². The van der Waals surface area contributed by atoms with Gasteiger partial charge in [0.25, 0.3) is 0 Å². The number of methoxy groups -OCH3 is 1. The Kier molecular flexibility index (Phi) is 3.49. The fraction of sp³-hybridized carbons (Fsp3) is 0.591. The molecule has 150 valence electrons. The number of allylic oxidation sites excluding steroid dienone is 1. The molecule has 4 heterocycles. The molecule has 6 heteroatoms. The maximum absolute atomic E-state index is 13.5. The number of benzene rings is 1. The number of ether oxygens (including phenoxy) is 1. The summed E-state index contributed by atoms with van der Waals surface area (Å²) in [6.07, 6.45) is 2.59. The number of aliphatic hydroxyl groups is 2. The van der Waals surface area contributed by atoms with E-state index in [1.165, 1.54) is 7.11 Å². The number of carbonyl (C=O) groups excluding carboxylic acids is 1. The van der Waals surface area contributed by atoms with E-state index in [1.54, 1.807) is 0 Å². The number of quaternary nitrogens is 1. The molecule has 3 N–H and O–H groups in total. The number of fused-ring (bicyclic) bond motifs is 3. The van der Waals surface area contributed by atoms with E-state index in [9.17, 15) is 15.0 Å². The number of nitrogens with one attached hydrogen (secondary N) is 1. The smallest absolute Gasteiger partial charge is 0.316 e. The molecule has 6 rings (SSSR count). The van der Waals surface area contributed by atoms with Crippen LogP contribution in [0, 0.1) is 11.3 Å². The largest absolute Gasteiger partial charge is 0.468 e. The lowest BCUT2D eigenvalue weighted by Crippen LogP contribution is -2.78. The Balaban J connectivity index is 1.96. The number of rotatable bonds is 2. The Morgan fingerprint density at radius 3 is 2.86 bits per heavy atom. The average Bonchev–Trinajstić information content (AvgIpc) is 3.12. The maximum Gasteiger partial charge on any atom is 0.316 e. The van der Waals surface area contributed by atoms with Crippen LogP contribution < -0.4 is 5.32 Å².